The van der Waals surface area contributed by atoms with Crippen molar-refractivity contribution in [2.75, 3.05) is 19.8 Å². The van der Waals surface area contributed by atoms with Crippen LogP contribution in [0.4, 0.5) is 0 Å². The summed E-state index contributed by atoms with van der Waals surface area (Å²) in [5.41, 5.74) is 0. The molecule has 0 rings (SSSR count). The van der Waals surface area contributed by atoms with E-state index in [2.05, 4.69) is 12.1 Å². The second-order valence-electron chi connectivity index (χ2n) is 3.58. The molecular weight excluding hydrogens is 206 g/mol. The molecular formula is C12H23NO3. The van der Waals surface area contributed by atoms with E-state index < -0.39 is 0 Å². The lowest BCUT2D eigenvalue weighted by molar-refractivity contribution is 0.0987. The van der Waals surface area contributed by atoms with E-state index in [4.69, 9.17) is 14.7 Å². The maximum atomic E-state index is 8.15. The smallest absolute Gasteiger partial charge is 0.0855 e. The number of rotatable bonds is 10. The van der Waals surface area contributed by atoms with Crippen LogP contribution in [0, 0.1) is 0 Å². The van der Waals surface area contributed by atoms with E-state index in [1.165, 1.54) is 12.6 Å². The lowest BCUT2D eigenvalue weighted by Crippen LogP contribution is -2.08. The van der Waals surface area contributed by atoms with Gasteiger partial charge in [0.05, 0.1) is 25.5 Å². The molecule has 1 N–H and O–H groups in total. The summed E-state index contributed by atoms with van der Waals surface area (Å²) in [6, 6.07) is 0. The summed E-state index contributed by atoms with van der Waals surface area (Å²) in [6.45, 7) is 5.98. The van der Waals surface area contributed by atoms with Gasteiger partial charge < -0.3 is 14.7 Å². The van der Waals surface area contributed by atoms with Crippen LogP contribution in [0.15, 0.2) is 17.3 Å². The van der Waals surface area contributed by atoms with Gasteiger partial charge in [-0.25, -0.2) is 0 Å². The van der Waals surface area contributed by atoms with Crippen LogP contribution in [-0.2, 0) is 9.47 Å². The van der Waals surface area contributed by atoms with Gasteiger partial charge in [0.25, 0.3) is 0 Å². The van der Waals surface area contributed by atoms with Crippen LogP contribution in [-0.4, -0.2) is 37.3 Å². The van der Waals surface area contributed by atoms with Crippen LogP contribution in [0.3, 0.4) is 0 Å². The number of nitrogens with zero attached hydrogens (tertiary/aromatic N) is 1. The summed E-state index contributed by atoms with van der Waals surface area (Å²) in [6.07, 6.45) is 8.65. The number of oxime groups is 1. The zero-order chi connectivity index (χ0) is 12.1. The normalized spacial score (nSPS) is 13.9. The zero-order valence-corrected chi connectivity index (χ0v) is 10.3. The van der Waals surface area contributed by atoms with Crippen molar-refractivity contribution < 1.29 is 14.7 Å². The molecule has 0 aromatic heterocycles. The van der Waals surface area contributed by atoms with Gasteiger partial charge >= 0.3 is 0 Å². The van der Waals surface area contributed by atoms with Gasteiger partial charge in [-0.2, -0.15) is 0 Å². The highest BCUT2D eigenvalue weighted by Gasteiger charge is 1.96. The predicted molar refractivity (Wildman–Crippen MR) is 65.2 cm³/mol. The number of unbranched alkanes of at least 4 members (excludes halogenated alkanes) is 1. The molecule has 4 heteroatoms. The molecule has 0 heterocycles. The largest absolute Gasteiger partial charge is 0.411 e. The van der Waals surface area contributed by atoms with Crippen LogP contribution < -0.4 is 0 Å². The van der Waals surface area contributed by atoms with Gasteiger partial charge in [0.2, 0.25) is 0 Å². The topological polar surface area (TPSA) is 51.0 Å². The number of hydrogen-bond donors (Lipinski definition) is 1. The second kappa shape index (κ2) is 12.2. The Morgan fingerprint density at radius 2 is 2.12 bits per heavy atom. The Morgan fingerprint density at radius 3 is 2.81 bits per heavy atom. The van der Waals surface area contributed by atoms with Crippen molar-refractivity contribution in [1.29, 1.82) is 0 Å². The molecule has 0 radical (unpaired) electrons. The fourth-order valence-corrected chi connectivity index (χ4v) is 1.06. The van der Waals surface area contributed by atoms with Crippen LogP contribution in [0.5, 0.6) is 0 Å². The van der Waals surface area contributed by atoms with Gasteiger partial charge in [0.1, 0.15) is 0 Å². The average molecular weight is 229 g/mol. The van der Waals surface area contributed by atoms with Gasteiger partial charge in [0, 0.05) is 6.61 Å². The van der Waals surface area contributed by atoms with E-state index in [0.717, 1.165) is 19.4 Å². The quantitative estimate of drug-likeness (QED) is 0.206. The highest BCUT2D eigenvalue weighted by atomic mass is 16.5. The van der Waals surface area contributed by atoms with Crippen molar-refractivity contribution in [3.63, 3.8) is 0 Å². The Hall–Kier alpha value is -0.870. The first-order chi connectivity index (χ1) is 7.81. The third-order valence-corrected chi connectivity index (χ3v) is 2.03. The number of ether oxygens (including phenoxy) is 2. The fourth-order valence-electron chi connectivity index (χ4n) is 1.06. The molecule has 0 aliphatic carbocycles. The van der Waals surface area contributed by atoms with Gasteiger partial charge in [-0.05, 0) is 19.8 Å². The maximum absolute atomic E-state index is 8.15. The van der Waals surface area contributed by atoms with Crippen LogP contribution >= 0.6 is 0 Å². The van der Waals surface area contributed by atoms with Crippen molar-refractivity contribution in [2.24, 2.45) is 5.16 Å². The van der Waals surface area contributed by atoms with Crippen LogP contribution in [0.1, 0.15) is 33.1 Å². The van der Waals surface area contributed by atoms with Crippen molar-refractivity contribution in [3.8, 4) is 0 Å². The Kier molecular flexibility index (Phi) is 11.5. The monoisotopic (exact) mass is 229 g/mol. The Labute approximate surface area is 97.9 Å². The molecule has 0 aliphatic heterocycles. The van der Waals surface area contributed by atoms with Gasteiger partial charge in [0.15, 0.2) is 0 Å². The SMILES string of the molecule is CCCCOC/C=C\C[C@H](C)OC/C=N/O. The minimum absolute atomic E-state index is 0.130. The molecule has 0 saturated carbocycles. The molecule has 0 fully saturated rings. The van der Waals surface area contributed by atoms with E-state index in [1.54, 1.807) is 0 Å². The summed E-state index contributed by atoms with van der Waals surface area (Å²) in [5, 5.41) is 11.0. The maximum Gasteiger partial charge on any atom is 0.0855 e. The minimum atomic E-state index is 0.130. The minimum Gasteiger partial charge on any atom is -0.411 e. The van der Waals surface area contributed by atoms with Gasteiger partial charge in [-0.3, -0.25) is 0 Å². The molecule has 0 aromatic carbocycles. The average Bonchev–Trinajstić information content (AvgIpc) is 2.28. The van der Waals surface area contributed by atoms with Gasteiger partial charge in [-0.15, -0.1) is 0 Å². The first-order valence-electron chi connectivity index (χ1n) is 5.81. The van der Waals surface area contributed by atoms with E-state index >= 15 is 0 Å². The third-order valence-electron chi connectivity index (χ3n) is 2.03. The van der Waals surface area contributed by atoms with E-state index in [-0.39, 0.29) is 6.10 Å². The zero-order valence-electron chi connectivity index (χ0n) is 10.3. The molecule has 4 nitrogen and oxygen atoms in total. The third kappa shape index (κ3) is 11.2. The summed E-state index contributed by atoms with van der Waals surface area (Å²) in [4.78, 5) is 0. The second-order valence-corrected chi connectivity index (χ2v) is 3.58. The summed E-state index contributed by atoms with van der Waals surface area (Å²) >= 11 is 0. The molecule has 0 saturated heterocycles. The Balaban J connectivity index is 3.30. The number of hydrogen-bond acceptors (Lipinski definition) is 4. The first kappa shape index (κ1) is 15.1. The van der Waals surface area contributed by atoms with Crippen molar-refractivity contribution in [2.45, 2.75) is 39.2 Å². The molecule has 0 spiro atoms. The van der Waals surface area contributed by atoms with Gasteiger partial charge in [-0.1, -0.05) is 30.7 Å². The first-order valence-corrected chi connectivity index (χ1v) is 5.81. The Morgan fingerprint density at radius 1 is 1.31 bits per heavy atom. The highest BCUT2D eigenvalue weighted by Crippen LogP contribution is 1.98. The fraction of sp³-hybridized carbons (Fsp3) is 0.750. The molecule has 0 amide bonds. The lowest BCUT2D eigenvalue weighted by Gasteiger charge is -2.07. The van der Waals surface area contributed by atoms with Crippen molar-refractivity contribution >= 4 is 6.21 Å². The molecule has 94 valence electrons. The molecule has 0 aliphatic rings. The lowest BCUT2D eigenvalue weighted by atomic mass is 10.2. The van der Waals surface area contributed by atoms with Crippen molar-refractivity contribution in [1.82, 2.24) is 0 Å². The molecule has 16 heavy (non-hydrogen) atoms. The molecule has 0 bridgehead atoms. The Bertz CT molecular complexity index is 193. The predicted octanol–water partition coefficient (Wildman–Crippen LogP) is 2.61. The van der Waals surface area contributed by atoms with Crippen molar-refractivity contribution in [3.05, 3.63) is 12.2 Å². The van der Waals surface area contributed by atoms with Crippen LogP contribution in [0.25, 0.3) is 0 Å². The van der Waals surface area contributed by atoms with E-state index in [9.17, 15) is 0 Å². The molecule has 0 aromatic rings. The van der Waals surface area contributed by atoms with Crippen LogP contribution in [0.2, 0.25) is 0 Å². The molecule has 1 atom stereocenters. The van der Waals surface area contributed by atoms with E-state index in [0.29, 0.717) is 13.2 Å². The summed E-state index contributed by atoms with van der Waals surface area (Å²) < 4.78 is 10.7. The summed E-state index contributed by atoms with van der Waals surface area (Å²) in [5.74, 6) is 0. The highest BCUT2D eigenvalue weighted by molar-refractivity contribution is 5.57. The summed E-state index contributed by atoms with van der Waals surface area (Å²) in [7, 11) is 0. The standard InChI is InChI=1S/C12H23NO3/c1-3-4-9-15-10-6-5-7-12(2)16-11-8-13-14/h5-6,8,12,14H,3-4,7,9-11H2,1-2H3/b6-5-,13-8+/t12-/m0/s1. The molecule has 0 unspecified atom stereocenters. The van der Waals surface area contributed by atoms with E-state index in [1.807, 2.05) is 19.1 Å².